The van der Waals surface area contributed by atoms with Crippen molar-refractivity contribution in [1.82, 2.24) is 4.90 Å². The van der Waals surface area contributed by atoms with Gasteiger partial charge in [-0.2, -0.15) is 0 Å². The van der Waals surface area contributed by atoms with Gasteiger partial charge in [-0.1, -0.05) is 0 Å². The quantitative estimate of drug-likeness (QED) is 0.572. The van der Waals surface area contributed by atoms with E-state index in [0.717, 1.165) is 12.2 Å². The van der Waals surface area contributed by atoms with E-state index in [1.54, 1.807) is 43.3 Å². The lowest BCUT2D eigenvalue weighted by molar-refractivity contribution is -0.130. The lowest BCUT2D eigenvalue weighted by Gasteiger charge is -2.17. The molecule has 1 aromatic carbocycles. The maximum absolute atomic E-state index is 11.8. The number of hydrogen-bond acceptors (Lipinski definition) is 4. The van der Waals surface area contributed by atoms with E-state index < -0.39 is 0 Å². The van der Waals surface area contributed by atoms with E-state index >= 15 is 0 Å². The van der Waals surface area contributed by atoms with Gasteiger partial charge in [-0.3, -0.25) is 4.79 Å². The van der Waals surface area contributed by atoms with Crippen molar-refractivity contribution >= 4 is 11.6 Å². The number of anilines is 1. The number of nitrogens with zero attached hydrogens (tertiary/aromatic N) is 1. The van der Waals surface area contributed by atoms with Gasteiger partial charge in [0.05, 0.1) is 13.0 Å². The second-order valence-corrected chi connectivity index (χ2v) is 4.33. The summed E-state index contributed by atoms with van der Waals surface area (Å²) in [4.78, 5) is 13.5. The van der Waals surface area contributed by atoms with Gasteiger partial charge in [0.2, 0.25) is 5.91 Å². The largest absolute Gasteiger partial charge is 0.493 e. The van der Waals surface area contributed by atoms with Gasteiger partial charge in [-0.25, -0.2) is 0 Å². The Morgan fingerprint density at radius 2 is 1.95 bits per heavy atom. The minimum absolute atomic E-state index is 0.0755. The molecule has 0 aliphatic heterocycles. The predicted octanol–water partition coefficient (Wildman–Crippen LogP) is 1.53. The number of carbonyl (C=O) groups is 1. The Morgan fingerprint density at radius 1 is 1.26 bits per heavy atom. The van der Waals surface area contributed by atoms with Crippen LogP contribution in [0, 0.1) is 0 Å². The summed E-state index contributed by atoms with van der Waals surface area (Å²) in [6.45, 7) is 1.74. The third-order valence-corrected chi connectivity index (χ3v) is 2.73. The SMILES string of the molecule is COCCCN(C)C(=O)CCOc1ccc(N)cc1. The van der Waals surface area contributed by atoms with Crippen molar-refractivity contribution < 1.29 is 14.3 Å². The Morgan fingerprint density at radius 3 is 2.58 bits per heavy atom. The molecule has 5 heteroatoms. The van der Waals surface area contributed by atoms with Crippen molar-refractivity contribution in [2.75, 3.05) is 39.6 Å². The van der Waals surface area contributed by atoms with Gasteiger partial charge in [0.1, 0.15) is 5.75 Å². The third-order valence-electron chi connectivity index (χ3n) is 2.73. The first-order valence-electron chi connectivity index (χ1n) is 6.34. The van der Waals surface area contributed by atoms with Crippen LogP contribution in [0.3, 0.4) is 0 Å². The molecule has 0 unspecified atom stereocenters. The smallest absolute Gasteiger partial charge is 0.225 e. The van der Waals surface area contributed by atoms with Crippen molar-refractivity contribution in [2.24, 2.45) is 0 Å². The lowest BCUT2D eigenvalue weighted by atomic mass is 10.3. The van der Waals surface area contributed by atoms with Gasteiger partial charge >= 0.3 is 0 Å². The second-order valence-electron chi connectivity index (χ2n) is 4.33. The Kier molecular flexibility index (Phi) is 6.74. The van der Waals surface area contributed by atoms with E-state index in [1.165, 1.54) is 0 Å². The molecule has 0 heterocycles. The van der Waals surface area contributed by atoms with Crippen LogP contribution in [-0.2, 0) is 9.53 Å². The highest BCUT2D eigenvalue weighted by atomic mass is 16.5. The molecule has 0 bridgehead atoms. The van der Waals surface area contributed by atoms with Gasteiger partial charge < -0.3 is 20.1 Å². The van der Waals surface area contributed by atoms with E-state index in [9.17, 15) is 4.79 Å². The topological polar surface area (TPSA) is 64.8 Å². The van der Waals surface area contributed by atoms with Crippen molar-refractivity contribution in [3.8, 4) is 5.75 Å². The zero-order valence-corrected chi connectivity index (χ0v) is 11.6. The first-order valence-corrected chi connectivity index (χ1v) is 6.34. The maximum atomic E-state index is 11.8. The van der Waals surface area contributed by atoms with E-state index in [2.05, 4.69) is 0 Å². The Balaban J connectivity index is 2.21. The predicted molar refractivity (Wildman–Crippen MR) is 75.1 cm³/mol. The monoisotopic (exact) mass is 266 g/mol. The van der Waals surface area contributed by atoms with Crippen molar-refractivity contribution in [3.05, 3.63) is 24.3 Å². The van der Waals surface area contributed by atoms with Crippen LogP contribution in [0.1, 0.15) is 12.8 Å². The van der Waals surface area contributed by atoms with Crippen LogP contribution in [0.15, 0.2) is 24.3 Å². The van der Waals surface area contributed by atoms with Crippen LogP contribution in [0.2, 0.25) is 0 Å². The normalized spacial score (nSPS) is 10.2. The first-order chi connectivity index (χ1) is 9.13. The molecule has 106 valence electrons. The molecule has 0 saturated carbocycles. The van der Waals surface area contributed by atoms with Gasteiger partial charge in [-0.05, 0) is 30.7 Å². The van der Waals surface area contributed by atoms with Crippen molar-refractivity contribution in [2.45, 2.75) is 12.8 Å². The number of carbonyl (C=O) groups excluding carboxylic acids is 1. The van der Waals surface area contributed by atoms with Gasteiger partial charge in [0.15, 0.2) is 0 Å². The highest BCUT2D eigenvalue weighted by molar-refractivity contribution is 5.75. The first kappa shape index (κ1) is 15.3. The highest BCUT2D eigenvalue weighted by Gasteiger charge is 2.08. The van der Waals surface area contributed by atoms with Crippen LogP contribution in [0.5, 0.6) is 5.75 Å². The number of nitrogen functional groups attached to an aromatic ring is 1. The fourth-order valence-electron chi connectivity index (χ4n) is 1.58. The second kappa shape index (κ2) is 8.37. The molecule has 0 spiro atoms. The number of amides is 1. The zero-order chi connectivity index (χ0) is 14.1. The van der Waals surface area contributed by atoms with E-state index in [0.29, 0.717) is 31.9 Å². The zero-order valence-electron chi connectivity index (χ0n) is 11.6. The average molecular weight is 266 g/mol. The third kappa shape index (κ3) is 6.10. The van der Waals surface area contributed by atoms with Crippen LogP contribution in [-0.4, -0.2) is 44.7 Å². The fraction of sp³-hybridized carbons (Fsp3) is 0.500. The molecule has 0 fully saturated rings. The number of benzene rings is 1. The number of rotatable bonds is 8. The molecule has 0 aromatic heterocycles. The molecular formula is C14H22N2O3. The molecule has 19 heavy (non-hydrogen) atoms. The van der Waals surface area contributed by atoms with Gasteiger partial charge in [-0.15, -0.1) is 0 Å². The summed E-state index contributed by atoms with van der Waals surface area (Å²) in [6.07, 6.45) is 1.21. The Bertz CT molecular complexity index is 379. The summed E-state index contributed by atoms with van der Waals surface area (Å²) in [7, 11) is 3.45. The summed E-state index contributed by atoms with van der Waals surface area (Å²) in [5.74, 6) is 0.801. The molecule has 1 aromatic rings. The van der Waals surface area contributed by atoms with Gasteiger partial charge in [0, 0.05) is 33.0 Å². The molecule has 2 N–H and O–H groups in total. The Labute approximate surface area is 114 Å². The summed E-state index contributed by atoms with van der Waals surface area (Å²) in [5.41, 5.74) is 6.27. The van der Waals surface area contributed by atoms with Crippen molar-refractivity contribution in [3.63, 3.8) is 0 Å². The van der Waals surface area contributed by atoms with Crippen LogP contribution in [0.25, 0.3) is 0 Å². The standard InChI is InChI=1S/C14H22N2O3/c1-16(9-3-10-18-2)14(17)8-11-19-13-6-4-12(15)5-7-13/h4-7H,3,8-11,15H2,1-2H3. The van der Waals surface area contributed by atoms with E-state index in [-0.39, 0.29) is 5.91 Å². The summed E-state index contributed by atoms with van der Waals surface area (Å²) >= 11 is 0. The number of hydrogen-bond donors (Lipinski definition) is 1. The highest BCUT2D eigenvalue weighted by Crippen LogP contribution is 2.13. The molecular weight excluding hydrogens is 244 g/mol. The number of ether oxygens (including phenoxy) is 2. The van der Waals surface area contributed by atoms with Crippen molar-refractivity contribution in [1.29, 1.82) is 0 Å². The number of methoxy groups -OCH3 is 1. The van der Waals surface area contributed by atoms with Crippen LogP contribution >= 0.6 is 0 Å². The van der Waals surface area contributed by atoms with E-state index in [4.69, 9.17) is 15.2 Å². The maximum Gasteiger partial charge on any atom is 0.225 e. The molecule has 0 aliphatic carbocycles. The molecule has 0 atom stereocenters. The molecule has 5 nitrogen and oxygen atoms in total. The fourth-order valence-corrected chi connectivity index (χ4v) is 1.58. The molecule has 0 saturated heterocycles. The van der Waals surface area contributed by atoms with Crippen LogP contribution in [0.4, 0.5) is 5.69 Å². The van der Waals surface area contributed by atoms with Crippen LogP contribution < -0.4 is 10.5 Å². The summed E-state index contributed by atoms with van der Waals surface area (Å²) in [6, 6.07) is 7.13. The molecule has 1 amide bonds. The minimum atomic E-state index is 0.0755. The Hall–Kier alpha value is -1.75. The van der Waals surface area contributed by atoms with E-state index in [1.807, 2.05) is 0 Å². The minimum Gasteiger partial charge on any atom is -0.493 e. The molecule has 0 radical (unpaired) electrons. The molecule has 1 rings (SSSR count). The summed E-state index contributed by atoms with van der Waals surface area (Å²) < 4.78 is 10.4. The molecule has 0 aliphatic rings. The lowest BCUT2D eigenvalue weighted by Crippen LogP contribution is -2.29. The average Bonchev–Trinajstić information content (AvgIpc) is 2.41. The summed E-state index contributed by atoms with van der Waals surface area (Å²) in [5, 5.41) is 0. The number of nitrogens with two attached hydrogens (primary N) is 1. The van der Waals surface area contributed by atoms with Gasteiger partial charge in [0.25, 0.3) is 0 Å².